The van der Waals surface area contributed by atoms with Crippen molar-refractivity contribution in [3.63, 3.8) is 0 Å². The van der Waals surface area contributed by atoms with E-state index in [2.05, 4.69) is 4.90 Å². The fourth-order valence-corrected chi connectivity index (χ4v) is 4.37. The number of hydrogen-bond acceptors (Lipinski definition) is 5. The van der Waals surface area contributed by atoms with Gasteiger partial charge in [-0.2, -0.15) is 0 Å². The average molecular weight is 262 g/mol. The van der Waals surface area contributed by atoms with Gasteiger partial charge in [0.25, 0.3) is 0 Å². The quantitative estimate of drug-likeness (QED) is 0.734. The first-order valence-electron chi connectivity index (χ1n) is 6.29. The van der Waals surface area contributed by atoms with Crippen molar-refractivity contribution in [2.24, 2.45) is 5.73 Å². The molecule has 2 aliphatic heterocycles. The molecule has 0 aliphatic carbocycles. The van der Waals surface area contributed by atoms with Gasteiger partial charge in [-0.05, 0) is 19.8 Å². The summed E-state index contributed by atoms with van der Waals surface area (Å²) in [6, 6.07) is 0.164. The highest BCUT2D eigenvalue weighted by Crippen LogP contribution is 2.20. The van der Waals surface area contributed by atoms with E-state index in [1.54, 1.807) is 0 Å². The molecular weight excluding hydrogens is 240 g/mol. The van der Waals surface area contributed by atoms with E-state index in [-0.39, 0.29) is 18.2 Å². The maximum atomic E-state index is 11.6. The molecule has 2 fully saturated rings. The average Bonchev–Trinajstić information content (AvgIpc) is 2.28. The van der Waals surface area contributed by atoms with Crippen molar-refractivity contribution in [3.05, 3.63) is 0 Å². The smallest absolute Gasteiger partial charge is 0.151 e. The van der Waals surface area contributed by atoms with Crippen LogP contribution in [0.5, 0.6) is 0 Å². The number of nitrogens with zero attached hydrogens (tertiary/aromatic N) is 1. The van der Waals surface area contributed by atoms with E-state index in [4.69, 9.17) is 10.5 Å². The van der Waals surface area contributed by atoms with Gasteiger partial charge in [0.2, 0.25) is 0 Å². The Morgan fingerprint density at radius 3 is 2.88 bits per heavy atom. The van der Waals surface area contributed by atoms with Crippen LogP contribution in [0.25, 0.3) is 0 Å². The molecule has 2 aliphatic rings. The Bertz CT molecular complexity index is 356. The van der Waals surface area contributed by atoms with Gasteiger partial charge in [0.15, 0.2) is 9.84 Å². The number of nitrogens with two attached hydrogens (primary N) is 1. The zero-order valence-electron chi connectivity index (χ0n) is 10.3. The lowest BCUT2D eigenvalue weighted by molar-refractivity contribution is -0.0501. The summed E-state index contributed by atoms with van der Waals surface area (Å²) in [6.07, 6.45) is 1.80. The molecule has 3 unspecified atom stereocenters. The van der Waals surface area contributed by atoms with Gasteiger partial charge < -0.3 is 10.5 Å². The molecule has 5 nitrogen and oxygen atoms in total. The van der Waals surface area contributed by atoms with E-state index in [1.807, 2.05) is 6.92 Å². The highest BCUT2D eigenvalue weighted by molar-refractivity contribution is 7.91. The van der Waals surface area contributed by atoms with Crippen LogP contribution in [0.1, 0.15) is 19.8 Å². The third-order valence-corrected chi connectivity index (χ3v) is 5.47. The van der Waals surface area contributed by atoms with Gasteiger partial charge in [-0.3, -0.25) is 4.90 Å². The molecule has 2 saturated heterocycles. The molecule has 0 aromatic heterocycles. The van der Waals surface area contributed by atoms with E-state index in [0.29, 0.717) is 18.1 Å². The molecule has 0 saturated carbocycles. The second-order valence-electron chi connectivity index (χ2n) is 5.17. The largest absolute Gasteiger partial charge is 0.374 e. The van der Waals surface area contributed by atoms with E-state index < -0.39 is 9.84 Å². The van der Waals surface area contributed by atoms with Crippen LogP contribution in [0, 0.1) is 0 Å². The summed E-state index contributed by atoms with van der Waals surface area (Å²) in [5.74, 6) is 0.656. The summed E-state index contributed by atoms with van der Waals surface area (Å²) in [7, 11) is -2.83. The molecule has 0 bridgehead atoms. The van der Waals surface area contributed by atoms with Crippen LogP contribution in [-0.2, 0) is 14.6 Å². The molecule has 0 radical (unpaired) electrons. The maximum Gasteiger partial charge on any atom is 0.151 e. The molecule has 2 rings (SSSR count). The normalized spacial score (nSPS) is 36.6. The lowest BCUT2D eigenvalue weighted by Gasteiger charge is -2.40. The summed E-state index contributed by atoms with van der Waals surface area (Å²) in [4.78, 5) is 2.24. The first kappa shape index (κ1) is 13.3. The van der Waals surface area contributed by atoms with Crippen molar-refractivity contribution >= 4 is 9.84 Å². The van der Waals surface area contributed by atoms with Gasteiger partial charge in [-0.25, -0.2) is 8.42 Å². The number of morpholine rings is 1. The lowest BCUT2D eigenvalue weighted by atomic mass is 10.1. The van der Waals surface area contributed by atoms with E-state index in [9.17, 15) is 8.42 Å². The van der Waals surface area contributed by atoms with Crippen molar-refractivity contribution in [2.45, 2.75) is 38.0 Å². The molecule has 0 aromatic rings. The molecular formula is C11H22N2O3S. The minimum absolute atomic E-state index is 0.00185. The Morgan fingerprint density at radius 1 is 1.47 bits per heavy atom. The molecule has 0 amide bonds. The van der Waals surface area contributed by atoms with Gasteiger partial charge in [-0.15, -0.1) is 0 Å². The van der Waals surface area contributed by atoms with Crippen molar-refractivity contribution < 1.29 is 13.2 Å². The number of rotatable bonds is 2. The van der Waals surface area contributed by atoms with Gasteiger partial charge in [0, 0.05) is 25.2 Å². The number of sulfone groups is 1. The second-order valence-corrected chi connectivity index (χ2v) is 7.40. The predicted molar refractivity (Wildman–Crippen MR) is 66.6 cm³/mol. The van der Waals surface area contributed by atoms with E-state index >= 15 is 0 Å². The number of hydrogen-bond donors (Lipinski definition) is 1. The number of ether oxygens (including phenoxy) is 1. The Kier molecular flexibility index (Phi) is 4.07. The summed E-state index contributed by atoms with van der Waals surface area (Å²) in [5.41, 5.74) is 5.84. The standard InChI is InChI=1S/C11H22N2O3S/c1-9(12)11-7-13(4-5-16-11)10-3-2-6-17(14,15)8-10/h9-11H,2-8,12H2,1H3. The predicted octanol–water partition coefficient (Wildman–Crippen LogP) is -0.388. The van der Waals surface area contributed by atoms with E-state index in [1.165, 1.54) is 0 Å². The minimum Gasteiger partial charge on any atom is -0.374 e. The Morgan fingerprint density at radius 2 is 2.24 bits per heavy atom. The molecule has 2 heterocycles. The monoisotopic (exact) mass is 262 g/mol. The van der Waals surface area contributed by atoms with Crippen LogP contribution in [0.4, 0.5) is 0 Å². The highest BCUT2D eigenvalue weighted by Gasteiger charge is 2.33. The van der Waals surface area contributed by atoms with Crippen molar-refractivity contribution in [3.8, 4) is 0 Å². The third-order valence-electron chi connectivity index (χ3n) is 3.67. The molecule has 2 N–H and O–H groups in total. The first-order chi connectivity index (χ1) is 7.98. The topological polar surface area (TPSA) is 72.6 Å². The molecule has 0 spiro atoms. The summed E-state index contributed by atoms with van der Waals surface area (Å²) < 4.78 is 28.9. The van der Waals surface area contributed by atoms with Gasteiger partial charge in [-0.1, -0.05) is 0 Å². The molecule has 6 heteroatoms. The summed E-state index contributed by atoms with van der Waals surface area (Å²) in [5, 5.41) is 0. The van der Waals surface area contributed by atoms with Crippen LogP contribution in [0.15, 0.2) is 0 Å². The summed E-state index contributed by atoms with van der Waals surface area (Å²) >= 11 is 0. The third kappa shape index (κ3) is 3.40. The fourth-order valence-electron chi connectivity index (χ4n) is 2.63. The van der Waals surface area contributed by atoms with Crippen LogP contribution in [0.3, 0.4) is 0 Å². The lowest BCUT2D eigenvalue weighted by Crippen LogP contribution is -2.55. The maximum absolute atomic E-state index is 11.6. The summed E-state index contributed by atoms with van der Waals surface area (Å²) in [6.45, 7) is 4.18. The van der Waals surface area contributed by atoms with Gasteiger partial charge >= 0.3 is 0 Å². The molecule has 3 atom stereocenters. The second kappa shape index (κ2) is 5.22. The zero-order valence-corrected chi connectivity index (χ0v) is 11.2. The van der Waals surface area contributed by atoms with Crippen molar-refractivity contribution in [1.29, 1.82) is 0 Å². The van der Waals surface area contributed by atoms with Crippen molar-refractivity contribution in [2.75, 3.05) is 31.2 Å². The van der Waals surface area contributed by atoms with E-state index in [0.717, 1.165) is 25.9 Å². The van der Waals surface area contributed by atoms with Gasteiger partial charge in [0.05, 0.1) is 24.2 Å². The molecule has 17 heavy (non-hydrogen) atoms. The fraction of sp³-hybridized carbons (Fsp3) is 1.00. The Hall–Kier alpha value is -0.170. The van der Waals surface area contributed by atoms with Crippen LogP contribution < -0.4 is 5.73 Å². The van der Waals surface area contributed by atoms with Crippen LogP contribution >= 0.6 is 0 Å². The molecule has 0 aromatic carbocycles. The zero-order chi connectivity index (χ0) is 12.5. The highest BCUT2D eigenvalue weighted by atomic mass is 32.2. The van der Waals surface area contributed by atoms with Crippen molar-refractivity contribution in [1.82, 2.24) is 4.90 Å². The van der Waals surface area contributed by atoms with Crippen LogP contribution in [-0.4, -0.2) is 62.7 Å². The Labute approximate surface area is 103 Å². The minimum atomic E-state index is -2.83. The SMILES string of the molecule is CC(N)C1CN(C2CCCS(=O)(=O)C2)CCO1. The Balaban J connectivity index is 1.97. The first-order valence-corrected chi connectivity index (χ1v) is 8.12. The molecule has 100 valence electrons. The van der Waals surface area contributed by atoms with Crippen LogP contribution in [0.2, 0.25) is 0 Å². The van der Waals surface area contributed by atoms with Gasteiger partial charge in [0.1, 0.15) is 0 Å².